The van der Waals surface area contributed by atoms with Crippen molar-refractivity contribution in [2.75, 3.05) is 7.11 Å². The van der Waals surface area contributed by atoms with Crippen LogP contribution in [-0.2, 0) is 6.54 Å². The summed E-state index contributed by atoms with van der Waals surface area (Å²) in [5.41, 5.74) is 3.26. The minimum absolute atomic E-state index is 0.157. The van der Waals surface area contributed by atoms with Crippen LogP contribution in [0.2, 0.25) is 0 Å². The van der Waals surface area contributed by atoms with Crippen molar-refractivity contribution in [3.63, 3.8) is 0 Å². The van der Waals surface area contributed by atoms with Crippen LogP contribution >= 0.6 is 23.6 Å². The van der Waals surface area contributed by atoms with E-state index in [9.17, 15) is 4.39 Å². The lowest BCUT2D eigenvalue weighted by Gasteiger charge is -2.37. The van der Waals surface area contributed by atoms with Crippen LogP contribution in [0.3, 0.4) is 0 Å². The van der Waals surface area contributed by atoms with E-state index in [4.69, 9.17) is 21.5 Å². The summed E-state index contributed by atoms with van der Waals surface area (Å²) in [6.45, 7) is 2.63. The molecule has 2 aromatic carbocycles. The first-order valence-corrected chi connectivity index (χ1v) is 11.9. The van der Waals surface area contributed by atoms with Gasteiger partial charge in [0, 0.05) is 16.1 Å². The largest absolute Gasteiger partial charge is 0.494 e. The SMILES string of the molecule is COc1ccc(-c2noc(C3=C(C)N(Cc4cccs4)C(=S)NC3c3ccccc3)n2)cc1F. The number of aromatic nitrogens is 2. The van der Waals surface area contributed by atoms with Gasteiger partial charge in [-0.05, 0) is 54.4 Å². The van der Waals surface area contributed by atoms with Gasteiger partial charge < -0.3 is 19.5 Å². The Hall–Kier alpha value is -3.56. The van der Waals surface area contributed by atoms with Crippen LogP contribution in [-0.4, -0.2) is 27.3 Å². The lowest BCUT2D eigenvalue weighted by atomic mass is 9.95. The first-order chi connectivity index (χ1) is 16.5. The molecule has 9 heteroatoms. The van der Waals surface area contributed by atoms with E-state index >= 15 is 0 Å². The van der Waals surface area contributed by atoms with E-state index in [0.29, 0.717) is 28.9 Å². The number of nitrogens with one attached hydrogen (secondary N) is 1. The highest BCUT2D eigenvalue weighted by Crippen LogP contribution is 2.38. The van der Waals surface area contributed by atoms with Gasteiger partial charge in [0.2, 0.25) is 5.82 Å². The van der Waals surface area contributed by atoms with E-state index in [1.807, 2.05) is 53.6 Å². The van der Waals surface area contributed by atoms with E-state index in [1.165, 1.54) is 18.1 Å². The summed E-state index contributed by atoms with van der Waals surface area (Å²) < 4.78 is 25.0. The molecule has 0 radical (unpaired) electrons. The van der Waals surface area contributed by atoms with Gasteiger partial charge in [0.15, 0.2) is 16.7 Å². The first-order valence-electron chi connectivity index (χ1n) is 10.6. The average molecular weight is 493 g/mol. The molecule has 172 valence electrons. The Morgan fingerprint density at radius 3 is 2.71 bits per heavy atom. The van der Waals surface area contributed by atoms with Crippen LogP contribution in [0.25, 0.3) is 17.0 Å². The molecule has 0 fully saturated rings. The Kier molecular flexibility index (Phi) is 6.12. The average Bonchev–Trinajstić information content (AvgIpc) is 3.54. The third-order valence-electron chi connectivity index (χ3n) is 5.69. The maximum Gasteiger partial charge on any atom is 0.258 e. The number of halogens is 1. The molecular formula is C25H21FN4O2S2. The van der Waals surface area contributed by atoms with Crippen LogP contribution in [0.5, 0.6) is 5.75 Å². The van der Waals surface area contributed by atoms with Crippen LogP contribution in [0.1, 0.15) is 29.3 Å². The monoisotopic (exact) mass is 492 g/mol. The summed E-state index contributed by atoms with van der Waals surface area (Å²) >= 11 is 7.41. The highest BCUT2D eigenvalue weighted by molar-refractivity contribution is 7.80. The van der Waals surface area contributed by atoms with Gasteiger partial charge in [0.25, 0.3) is 5.89 Å². The Morgan fingerprint density at radius 1 is 1.18 bits per heavy atom. The topological polar surface area (TPSA) is 63.4 Å². The van der Waals surface area contributed by atoms with Crippen LogP contribution in [0.4, 0.5) is 4.39 Å². The smallest absolute Gasteiger partial charge is 0.258 e. The summed E-state index contributed by atoms with van der Waals surface area (Å²) in [5, 5.41) is 10.3. The van der Waals surface area contributed by atoms with Gasteiger partial charge in [-0.25, -0.2) is 4.39 Å². The highest BCUT2D eigenvalue weighted by atomic mass is 32.1. The molecule has 1 N–H and O–H groups in total. The molecule has 2 aromatic heterocycles. The zero-order valence-electron chi connectivity index (χ0n) is 18.5. The molecule has 1 atom stereocenters. The summed E-state index contributed by atoms with van der Waals surface area (Å²) in [6, 6.07) is 18.4. The van der Waals surface area contributed by atoms with E-state index in [0.717, 1.165) is 16.8 Å². The van der Waals surface area contributed by atoms with Gasteiger partial charge in [-0.2, -0.15) is 4.98 Å². The number of allylic oxidation sites excluding steroid dienone is 1. The van der Waals surface area contributed by atoms with Gasteiger partial charge in [0.1, 0.15) is 0 Å². The number of benzene rings is 2. The maximum absolute atomic E-state index is 14.3. The molecule has 5 rings (SSSR count). The zero-order valence-corrected chi connectivity index (χ0v) is 20.1. The molecule has 0 amide bonds. The number of nitrogens with zero attached hydrogens (tertiary/aromatic N) is 3. The number of hydrogen-bond donors (Lipinski definition) is 1. The Balaban J connectivity index is 1.58. The predicted octanol–water partition coefficient (Wildman–Crippen LogP) is 5.81. The van der Waals surface area contributed by atoms with Crippen molar-refractivity contribution in [3.8, 4) is 17.1 Å². The van der Waals surface area contributed by atoms with Crippen molar-refractivity contribution < 1.29 is 13.7 Å². The van der Waals surface area contributed by atoms with Crippen LogP contribution in [0.15, 0.2) is 76.3 Å². The van der Waals surface area contributed by atoms with E-state index in [-0.39, 0.29) is 11.8 Å². The summed E-state index contributed by atoms with van der Waals surface area (Å²) in [5.74, 6) is 0.311. The Labute approximate surface area is 205 Å². The lowest BCUT2D eigenvalue weighted by Crippen LogP contribution is -2.45. The second-order valence-corrected chi connectivity index (χ2v) is 9.15. The fraction of sp³-hybridized carbons (Fsp3) is 0.160. The van der Waals surface area contributed by atoms with Crippen molar-refractivity contribution in [1.82, 2.24) is 20.4 Å². The van der Waals surface area contributed by atoms with Gasteiger partial charge >= 0.3 is 0 Å². The molecule has 4 aromatic rings. The third-order valence-corrected chi connectivity index (χ3v) is 6.89. The minimum atomic E-state index is -0.490. The summed E-state index contributed by atoms with van der Waals surface area (Å²) in [7, 11) is 1.42. The number of thiophene rings is 1. The molecule has 1 aliphatic heterocycles. The predicted molar refractivity (Wildman–Crippen MR) is 134 cm³/mol. The first kappa shape index (κ1) is 22.2. The number of thiocarbonyl (C=S) groups is 1. The van der Waals surface area contributed by atoms with Crippen LogP contribution < -0.4 is 10.1 Å². The van der Waals surface area contributed by atoms with Gasteiger partial charge in [-0.1, -0.05) is 41.6 Å². The van der Waals surface area contributed by atoms with Crippen LogP contribution in [0, 0.1) is 5.82 Å². The molecule has 6 nitrogen and oxygen atoms in total. The van der Waals surface area contributed by atoms with Gasteiger partial charge in [-0.3, -0.25) is 0 Å². The van der Waals surface area contributed by atoms with E-state index in [1.54, 1.807) is 23.5 Å². The lowest BCUT2D eigenvalue weighted by molar-refractivity contribution is 0.386. The van der Waals surface area contributed by atoms with Crippen molar-refractivity contribution in [2.45, 2.75) is 19.5 Å². The molecule has 34 heavy (non-hydrogen) atoms. The van der Waals surface area contributed by atoms with Crippen molar-refractivity contribution in [1.29, 1.82) is 0 Å². The molecule has 3 heterocycles. The number of methoxy groups -OCH3 is 1. The molecule has 0 saturated carbocycles. The number of hydrogen-bond acceptors (Lipinski definition) is 6. The third kappa shape index (κ3) is 4.20. The fourth-order valence-electron chi connectivity index (χ4n) is 3.96. The van der Waals surface area contributed by atoms with E-state index < -0.39 is 5.82 Å². The summed E-state index contributed by atoms with van der Waals surface area (Å²) in [4.78, 5) is 7.85. The van der Waals surface area contributed by atoms with E-state index in [2.05, 4.69) is 21.5 Å². The molecule has 0 saturated heterocycles. The molecule has 1 unspecified atom stereocenters. The molecule has 0 bridgehead atoms. The highest BCUT2D eigenvalue weighted by Gasteiger charge is 2.34. The molecule has 1 aliphatic rings. The maximum atomic E-state index is 14.3. The molecule has 0 aliphatic carbocycles. The number of rotatable bonds is 6. The standard InChI is InChI=1S/C25H21FN4O2S2/c1-15-21(24-28-23(29-32-24)17-10-11-20(31-2)19(26)13-17)22(16-7-4-3-5-8-16)27-25(33)30(15)14-18-9-6-12-34-18/h3-13,22H,14H2,1-2H3,(H,27,33). The van der Waals surface area contributed by atoms with Crippen molar-refractivity contribution >= 4 is 34.2 Å². The Bertz CT molecular complexity index is 1350. The molecular weight excluding hydrogens is 471 g/mol. The fourth-order valence-corrected chi connectivity index (χ4v) is 4.97. The normalized spacial score (nSPS) is 16.0. The van der Waals surface area contributed by atoms with Crippen molar-refractivity contribution in [2.24, 2.45) is 0 Å². The second-order valence-electron chi connectivity index (χ2n) is 7.73. The Morgan fingerprint density at radius 2 is 2.00 bits per heavy atom. The minimum Gasteiger partial charge on any atom is -0.494 e. The van der Waals surface area contributed by atoms with Gasteiger partial charge in [0.05, 0.1) is 25.3 Å². The zero-order chi connectivity index (χ0) is 23.7. The summed E-state index contributed by atoms with van der Waals surface area (Å²) in [6.07, 6.45) is 0. The van der Waals surface area contributed by atoms with Crippen molar-refractivity contribution in [3.05, 3.63) is 93.9 Å². The quantitative estimate of drug-likeness (QED) is 0.341. The number of ether oxygens (including phenoxy) is 1. The van der Waals surface area contributed by atoms with Gasteiger partial charge in [-0.15, -0.1) is 11.3 Å². The second kappa shape index (κ2) is 9.36. The molecule has 0 spiro atoms.